The van der Waals surface area contributed by atoms with E-state index in [2.05, 4.69) is 54.5 Å². The van der Waals surface area contributed by atoms with Gasteiger partial charge in [0.1, 0.15) is 79.4 Å². The summed E-state index contributed by atoms with van der Waals surface area (Å²) in [6, 6.07) is 0. The van der Waals surface area contributed by atoms with Crippen molar-refractivity contribution < 1.29 is 98.9 Å². The number of ether oxygens (including phenoxy) is 8. The normalized spacial score (nSPS) is 54.3. The van der Waals surface area contributed by atoms with Gasteiger partial charge in [-0.25, -0.2) is 0 Å². The maximum Gasteiger partial charge on any atom is 0.310 e. The summed E-state index contributed by atoms with van der Waals surface area (Å²) in [6.07, 6.45) is -17.9. The van der Waals surface area contributed by atoms with Gasteiger partial charge in [0.2, 0.25) is 0 Å². The lowest BCUT2D eigenvalue weighted by Gasteiger charge is -2.71. The Morgan fingerprint density at radius 3 is 1.99 bits per heavy atom. The standard InChI is InChI=1S/C52H84O20/c1-23-32(55)40(71-42-37(60)33(56)26(54)21-65-42)39(62)44(67-23)72-41-35(58)28(69-43-38(61)36(59)34(57)27(20-53)68-43)22-66-45(41)70-31-12-13-49(6)29(48(31,4)5)11-14-51(8)30(49)10-9-24-25-19-47(2,3)15-17-52(25,46(63)64)18-16-50(24,51)7/h9,23,25-45,53-62H,10-22H2,1-8H3,(H,63,64)/t23-,25-,26-,27+,28-,29-,30+,31-,32-,33-,34+,35-,36-,37+,38+,39+,40+,41+,42-,43-,44-,45-,49-,50+,51+,52-/m0/s1. The second-order valence-electron chi connectivity index (χ2n) is 25.4. The zero-order chi connectivity index (χ0) is 52.4. The summed E-state index contributed by atoms with van der Waals surface area (Å²) < 4.78 is 48.7. The van der Waals surface area contributed by atoms with Gasteiger partial charge in [0.15, 0.2) is 25.2 Å². The summed E-state index contributed by atoms with van der Waals surface area (Å²) in [5.74, 6) is -0.177. The Morgan fingerprint density at radius 2 is 1.29 bits per heavy atom. The molecule has 0 spiro atoms. The van der Waals surface area contributed by atoms with Gasteiger partial charge in [0.05, 0.1) is 37.4 Å². The molecule has 4 saturated carbocycles. The Labute approximate surface area is 421 Å². The van der Waals surface area contributed by atoms with Gasteiger partial charge < -0.3 is 94.1 Å². The molecule has 0 radical (unpaired) electrons. The third-order valence-corrected chi connectivity index (χ3v) is 20.7. The average molecular weight is 1030 g/mol. The molecule has 26 atom stereocenters. The minimum atomic E-state index is -1.82. The molecule has 20 heteroatoms. The summed E-state index contributed by atoms with van der Waals surface area (Å²) in [4.78, 5) is 13.2. The maximum absolute atomic E-state index is 13.2. The van der Waals surface area contributed by atoms with Gasteiger partial charge in [-0.3, -0.25) is 4.79 Å². The Balaban J connectivity index is 0.969. The number of fused-ring (bicyclic) bond motifs is 7. The number of hydrogen-bond acceptors (Lipinski definition) is 19. The number of allylic oxidation sites excluding steroid dienone is 2. The molecule has 0 unspecified atom stereocenters. The van der Waals surface area contributed by atoms with Gasteiger partial charge in [0.25, 0.3) is 0 Å². The molecule has 9 rings (SSSR count). The number of carbonyl (C=O) groups is 1. The van der Waals surface area contributed by atoms with E-state index in [-0.39, 0.29) is 40.1 Å². The lowest BCUT2D eigenvalue weighted by molar-refractivity contribution is -0.388. The van der Waals surface area contributed by atoms with Crippen LogP contribution in [0.1, 0.15) is 120 Å². The highest BCUT2D eigenvalue weighted by molar-refractivity contribution is 5.76. The highest BCUT2D eigenvalue weighted by Crippen LogP contribution is 2.76. The average Bonchev–Trinajstić information content (AvgIpc) is 3.32. The van der Waals surface area contributed by atoms with E-state index in [0.717, 1.165) is 44.9 Å². The van der Waals surface area contributed by atoms with Crippen LogP contribution in [0.25, 0.3) is 0 Å². The predicted octanol–water partition coefficient (Wildman–Crippen LogP) is 0.836. The number of hydrogen-bond donors (Lipinski definition) is 11. The second-order valence-corrected chi connectivity index (χ2v) is 25.4. The van der Waals surface area contributed by atoms with Gasteiger partial charge in [-0.1, -0.05) is 60.1 Å². The zero-order valence-corrected chi connectivity index (χ0v) is 43.1. The molecule has 72 heavy (non-hydrogen) atoms. The number of carboxylic acid groups (broad SMARTS) is 1. The molecule has 0 bridgehead atoms. The number of aliphatic carboxylic acids is 1. The zero-order valence-electron chi connectivity index (χ0n) is 43.1. The summed E-state index contributed by atoms with van der Waals surface area (Å²) in [5, 5.41) is 119. The first-order chi connectivity index (χ1) is 33.7. The van der Waals surface area contributed by atoms with E-state index in [0.29, 0.717) is 25.2 Å². The highest BCUT2D eigenvalue weighted by Gasteiger charge is 2.70. The lowest BCUT2D eigenvalue weighted by Crippen LogP contribution is -2.67. The van der Waals surface area contributed by atoms with Crippen LogP contribution in [0.3, 0.4) is 0 Å². The largest absolute Gasteiger partial charge is 0.481 e. The van der Waals surface area contributed by atoms with Crippen molar-refractivity contribution in [3.05, 3.63) is 11.6 Å². The predicted molar refractivity (Wildman–Crippen MR) is 250 cm³/mol. The molecule has 9 aliphatic rings. The number of carboxylic acids is 1. The summed E-state index contributed by atoms with van der Waals surface area (Å²) in [5.41, 5.74) is -0.167. The monoisotopic (exact) mass is 1030 g/mol. The van der Waals surface area contributed by atoms with Crippen molar-refractivity contribution >= 4 is 5.97 Å². The molecule has 0 aromatic rings. The smallest absolute Gasteiger partial charge is 0.310 e. The summed E-state index contributed by atoms with van der Waals surface area (Å²) in [6.45, 7) is 16.3. The lowest BCUT2D eigenvalue weighted by atomic mass is 9.33. The van der Waals surface area contributed by atoms with Crippen LogP contribution in [0.5, 0.6) is 0 Å². The summed E-state index contributed by atoms with van der Waals surface area (Å²) >= 11 is 0. The van der Waals surface area contributed by atoms with E-state index in [1.165, 1.54) is 12.5 Å². The van der Waals surface area contributed by atoms with Crippen LogP contribution >= 0.6 is 0 Å². The number of aliphatic hydroxyl groups excluding tert-OH is 10. The van der Waals surface area contributed by atoms with Gasteiger partial charge in [-0.05, 0) is 116 Å². The molecule has 0 aromatic heterocycles. The molecule has 0 aromatic carbocycles. The van der Waals surface area contributed by atoms with Crippen molar-refractivity contribution in [2.45, 2.75) is 236 Å². The van der Waals surface area contributed by atoms with Crippen molar-refractivity contribution in [1.29, 1.82) is 0 Å². The fourth-order valence-corrected chi connectivity index (χ4v) is 16.0. The first kappa shape index (κ1) is 55.3. The van der Waals surface area contributed by atoms with Crippen molar-refractivity contribution in [2.75, 3.05) is 19.8 Å². The first-order valence-electron chi connectivity index (χ1n) is 26.5. The van der Waals surface area contributed by atoms with Crippen LogP contribution in [0.4, 0.5) is 0 Å². The molecule has 4 aliphatic heterocycles. The van der Waals surface area contributed by atoms with E-state index in [1.54, 1.807) is 0 Å². The fraction of sp³-hybridized carbons (Fsp3) is 0.942. The Hall–Kier alpha value is -1.51. The van der Waals surface area contributed by atoms with Gasteiger partial charge in [-0.15, -0.1) is 0 Å². The van der Waals surface area contributed by atoms with Gasteiger partial charge >= 0.3 is 5.97 Å². The minimum absolute atomic E-state index is 0.000712. The number of aliphatic hydroxyl groups is 10. The molecular formula is C52H84O20. The van der Waals surface area contributed by atoms with E-state index in [1.807, 2.05) is 0 Å². The number of rotatable bonds is 10. The highest BCUT2D eigenvalue weighted by atomic mass is 16.8. The maximum atomic E-state index is 13.2. The SMILES string of the molecule is C[C@@H]1O[C@@H](O[C@H]2[C@H](O[C@H]3CC[C@]4(C)[C@H]5CC=C6[C@@H]7CC(C)(C)CC[C@]7(C(=O)O)CC[C@@]6(C)[C@]5(C)CC[C@H]4C3(C)C)OC[C@H](O[C@@H]3O[C@H](CO)[C@@H](O)[C@H](O)[C@H]3O)[C@@H]2O)[C@H](O)[C@H](O[C@@H]2OC[C@H](O)[C@H](O)[C@H]2O)[C@H]1O. The first-order valence-corrected chi connectivity index (χ1v) is 26.5. The van der Waals surface area contributed by atoms with Crippen LogP contribution in [0.2, 0.25) is 0 Å². The quantitative estimate of drug-likeness (QED) is 0.107. The van der Waals surface area contributed by atoms with Gasteiger partial charge in [0, 0.05) is 0 Å². The molecule has 4 saturated heterocycles. The molecule has 5 aliphatic carbocycles. The topological polar surface area (TPSA) is 313 Å². The van der Waals surface area contributed by atoms with E-state index < -0.39 is 147 Å². The van der Waals surface area contributed by atoms with Gasteiger partial charge in [-0.2, -0.15) is 0 Å². The molecule has 4 heterocycles. The Kier molecular flexibility index (Phi) is 15.2. The van der Waals surface area contributed by atoms with Crippen LogP contribution in [-0.4, -0.2) is 199 Å². The molecule has 20 nitrogen and oxygen atoms in total. The summed E-state index contributed by atoms with van der Waals surface area (Å²) in [7, 11) is 0. The molecule has 11 N–H and O–H groups in total. The van der Waals surface area contributed by atoms with Crippen molar-refractivity contribution in [1.82, 2.24) is 0 Å². The molecule has 412 valence electrons. The molecule has 8 fully saturated rings. The van der Waals surface area contributed by atoms with E-state index in [9.17, 15) is 61.0 Å². The van der Waals surface area contributed by atoms with E-state index in [4.69, 9.17) is 37.9 Å². The second kappa shape index (κ2) is 19.7. The van der Waals surface area contributed by atoms with Crippen LogP contribution < -0.4 is 0 Å². The fourth-order valence-electron chi connectivity index (χ4n) is 16.0. The van der Waals surface area contributed by atoms with E-state index >= 15 is 0 Å². The van der Waals surface area contributed by atoms with Crippen LogP contribution in [0, 0.1) is 50.2 Å². The Bertz CT molecular complexity index is 1990. The van der Waals surface area contributed by atoms with Crippen molar-refractivity contribution in [3.63, 3.8) is 0 Å². The molecular weight excluding hydrogens is 945 g/mol. The van der Waals surface area contributed by atoms with Crippen molar-refractivity contribution in [2.24, 2.45) is 50.2 Å². The molecule has 0 amide bonds. The Morgan fingerprint density at radius 1 is 0.639 bits per heavy atom. The van der Waals surface area contributed by atoms with Crippen LogP contribution in [0.15, 0.2) is 11.6 Å². The minimum Gasteiger partial charge on any atom is -0.481 e. The van der Waals surface area contributed by atoms with Crippen LogP contribution in [-0.2, 0) is 42.7 Å². The third-order valence-electron chi connectivity index (χ3n) is 20.7. The third kappa shape index (κ3) is 8.87. The van der Waals surface area contributed by atoms with Crippen molar-refractivity contribution in [3.8, 4) is 0 Å².